The van der Waals surface area contributed by atoms with Gasteiger partial charge in [-0.2, -0.15) is 4.73 Å². The second-order valence-corrected chi connectivity index (χ2v) is 11.5. The predicted molar refractivity (Wildman–Crippen MR) is 115 cm³/mol. The van der Waals surface area contributed by atoms with Crippen LogP contribution in [0.5, 0.6) is 0 Å². The van der Waals surface area contributed by atoms with Crippen LogP contribution in [0.3, 0.4) is 0 Å². The van der Waals surface area contributed by atoms with Crippen LogP contribution in [-0.4, -0.2) is 28.9 Å². The number of nitrogens with zero attached hydrogens (tertiary/aromatic N) is 1. The molecule has 0 aliphatic rings. The van der Waals surface area contributed by atoms with Gasteiger partial charge in [-0.25, -0.2) is 16.8 Å². The van der Waals surface area contributed by atoms with Gasteiger partial charge in [0.25, 0.3) is 0 Å². The Morgan fingerprint density at radius 1 is 0.968 bits per heavy atom. The number of halogens is 1. The van der Waals surface area contributed by atoms with Gasteiger partial charge in [0.1, 0.15) is 0 Å². The lowest BCUT2D eigenvalue weighted by Gasteiger charge is -2.11. The van der Waals surface area contributed by atoms with Crippen LogP contribution in [0.4, 0.5) is 0 Å². The van der Waals surface area contributed by atoms with Crippen molar-refractivity contribution in [2.24, 2.45) is 0 Å². The molecule has 0 saturated heterocycles. The van der Waals surface area contributed by atoms with E-state index in [1.165, 1.54) is 54.6 Å². The SMILES string of the molecule is Cc1ccc(C(=O)c2cc(Cl)ccc2CS(=O)(=O)c2ccc(S(C)(=O)=O)cc2)c[n+]1[O-]. The molecule has 0 N–H and O–H groups in total. The largest absolute Gasteiger partial charge is 0.618 e. The van der Waals surface area contributed by atoms with Crippen molar-refractivity contribution in [3.8, 4) is 0 Å². The second kappa shape index (κ2) is 8.41. The van der Waals surface area contributed by atoms with Crippen molar-refractivity contribution >= 4 is 37.1 Å². The highest BCUT2D eigenvalue weighted by Gasteiger charge is 2.23. The Labute approximate surface area is 185 Å². The van der Waals surface area contributed by atoms with Crippen LogP contribution in [0, 0.1) is 12.1 Å². The molecule has 10 heteroatoms. The molecule has 31 heavy (non-hydrogen) atoms. The Morgan fingerprint density at radius 2 is 1.58 bits per heavy atom. The molecule has 0 unspecified atom stereocenters. The van der Waals surface area contributed by atoms with Gasteiger partial charge in [0.15, 0.2) is 37.3 Å². The highest BCUT2D eigenvalue weighted by atomic mass is 35.5. The van der Waals surface area contributed by atoms with Crippen LogP contribution in [-0.2, 0) is 25.4 Å². The van der Waals surface area contributed by atoms with E-state index in [-0.39, 0.29) is 31.5 Å². The molecule has 3 rings (SSSR count). The number of ketones is 1. The smallest absolute Gasteiger partial charge is 0.199 e. The van der Waals surface area contributed by atoms with Gasteiger partial charge < -0.3 is 5.21 Å². The van der Waals surface area contributed by atoms with Crippen LogP contribution < -0.4 is 4.73 Å². The molecular weight excluding hydrogens is 462 g/mol. The summed E-state index contributed by atoms with van der Waals surface area (Å²) in [5, 5.41) is 12.1. The third kappa shape index (κ3) is 5.12. The van der Waals surface area contributed by atoms with Gasteiger partial charge in [0.05, 0.1) is 21.1 Å². The summed E-state index contributed by atoms with van der Waals surface area (Å²) in [6, 6.07) is 12.1. The number of benzene rings is 2. The topological polar surface area (TPSA) is 112 Å². The van der Waals surface area contributed by atoms with Crippen LogP contribution in [0.15, 0.2) is 70.6 Å². The molecule has 0 radical (unpaired) electrons. The number of hydrogen-bond donors (Lipinski definition) is 0. The molecule has 1 heterocycles. The van der Waals surface area contributed by atoms with E-state index < -0.39 is 31.2 Å². The van der Waals surface area contributed by atoms with E-state index >= 15 is 0 Å². The summed E-state index contributed by atoms with van der Waals surface area (Å²) in [6.07, 6.45) is 2.15. The molecule has 1 aromatic heterocycles. The minimum atomic E-state index is -3.90. The summed E-state index contributed by atoms with van der Waals surface area (Å²) in [7, 11) is -7.36. The fraction of sp³-hybridized carbons (Fsp3) is 0.143. The molecule has 0 aliphatic carbocycles. The molecule has 0 fully saturated rings. The van der Waals surface area contributed by atoms with E-state index in [4.69, 9.17) is 11.6 Å². The fourth-order valence-corrected chi connectivity index (χ4v) is 5.09. The molecule has 0 amide bonds. The lowest BCUT2D eigenvalue weighted by Crippen LogP contribution is -2.30. The predicted octanol–water partition coefficient (Wildman–Crippen LogP) is 2.89. The lowest BCUT2D eigenvalue weighted by atomic mass is 10.00. The van der Waals surface area contributed by atoms with Crippen LogP contribution in [0.1, 0.15) is 27.2 Å². The number of pyridine rings is 1. The van der Waals surface area contributed by atoms with E-state index in [9.17, 15) is 26.8 Å². The van der Waals surface area contributed by atoms with Crippen LogP contribution >= 0.6 is 11.6 Å². The molecule has 0 aliphatic heterocycles. The Morgan fingerprint density at radius 3 is 2.16 bits per heavy atom. The van der Waals surface area contributed by atoms with Gasteiger partial charge in [-0.3, -0.25) is 4.79 Å². The average molecular weight is 480 g/mol. The number of carbonyl (C=O) groups is 1. The number of aromatic nitrogens is 1. The third-order valence-corrected chi connectivity index (χ3v) is 7.69. The minimum Gasteiger partial charge on any atom is -0.618 e. The zero-order chi connectivity index (χ0) is 23.0. The second-order valence-electron chi connectivity index (χ2n) is 7.02. The first kappa shape index (κ1) is 22.9. The van der Waals surface area contributed by atoms with Crippen molar-refractivity contribution in [3.05, 3.63) is 93.4 Å². The normalized spacial score (nSPS) is 12.0. The highest BCUT2D eigenvalue weighted by Crippen LogP contribution is 2.25. The zero-order valence-corrected chi connectivity index (χ0v) is 19.0. The van der Waals surface area contributed by atoms with Gasteiger partial charge in [0, 0.05) is 29.8 Å². The van der Waals surface area contributed by atoms with Gasteiger partial charge in [-0.05, 0) is 48.0 Å². The number of carbonyl (C=O) groups excluding carboxylic acids is 1. The number of rotatable bonds is 6. The molecule has 2 aromatic carbocycles. The Kier molecular flexibility index (Phi) is 6.22. The van der Waals surface area contributed by atoms with Gasteiger partial charge >= 0.3 is 0 Å². The monoisotopic (exact) mass is 479 g/mol. The molecule has 0 spiro atoms. The van der Waals surface area contributed by atoms with E-state index in [1.54, 1.807) is 6.92 Å². The number of aryl methyl sites for hydroxylation is 1. The fourth-order valence-electron chi connectivity index (χ4n) is 2.91. The summed E-state index contributed by atoms with van der Waals surface area (Å²) in [5.74, 6) is -1.04. The first-order valence-corrected chi connectivity index (χ1v) is 12.9. The van der Waals surface area contributed by atoms with Gasteiger partial charge in [-0.15, -0.1) is 0 Å². The summed E-state index contributed by atoms with van der Waals surface area (Å²) in [5.41, 5.74) is 0.773. The zero-order valence-electron chi connectivity index (χ0n) is 16.6. The summed E-state index contributed by atoms with van der Waals surface area (Å²) >= 11 is 6.03. The van der Waals surface area contributed by atoms with Crippen molar-refractivity contribution in [1.82, 2.24) is 0 Å². The molecule has 7 nitrogen and oxygen atoms in total. The van der Waals surface area contributed by atoms with E-state index in [2.05, 4.69) is 0 Å². The summed E-state index contributed by atoms with van der Waals surface area (Å²) in [6.45, 7) is 1.59. The maximum atomic E-state index is 13.0. The molecular formula is C21H18ClNO6S2. The van der Waals surface area contributed by atoms with Crippen molar-refractivity contribution in [2.75, 3.05) is 6.26 Å². The first-order chi connectivity index (χ1) is 14.4. The van der Waals surface area contributed by atoms with Crippen LogP contribution in [0.25, 0.3) is 0 Å². The number of hydrogen-bond acceptors (Lipinski definition) is 6. The maximum absolute atomic E-state index is 13.0. The molecule has 3 aromatic rings. The quantitative estimate of drug-likeness (QED) is 0.305. The van der Waals surface area contributed by atoms with Crippen molar-refractivity contribution < 1.29 is 26.4 Å². The maximum Gasteiger partial charge on any atom is 0.199 e. The Balaban J connectivity index is 2.00. The average Bonchev–Trinajstić information content (AvgIpc) is 2.70. The van der Waals surface area contributed by atoms with Crippen molar-refractivity contribution in [1.29, 1.82) is 0 Å². The third-order valence-electron chi connectivity index (χ3n) is 4.64. The van der Waals surface area contributed by atoms with Gasteiger partial charge in [0.2, 0.25) is 0 Å². The molecule has 0 atom stereocenters. The minimum absolute atomic E-state index is 0.000835. The summed E-state index contributed by atoms with van der Waals surface area (Å²) in [4.78, 5) is 12.9. The first-order valence-electron chi connectivity index (χ1n) is 8.94. The number of sulfone groups is 2. The summed E-state index contributed by atoms with van der Waals surface area (Å²) < 4.78 is 49.6. The van der Waals surface area contributed by atoms with E-state index in [0.29, 0.717) is 10.4 Å². The van der Waals surface area contributed by atoms with E-state index in [1.807, 2.05) is 0 Å². The standard InChI is InChI=1S/C21H18ClNO6S2/c1-14-3-4-15(12-23(14)25)21(24)20-11-17(22)6-5-16(20)13-31(28,29)19-9-7-18(8-10-19)30(2,26)27/h3-12H,13H2,1-2H3. The Hall–Kier alpha value is -2.75. The highest BCUT2D eigenvalue weighted by molar-refractivity contribution is 7.91. The van der Waals surface area contributed by atoms with Crippen molar-refractivity contribution in [2.45, 2.75) is 22.5 Å². The molecule has 162 valence electrons. The van der Waals surface area contributed by atoms with E-state index in [0.717, 1.165) is 12.5 Å². The van der Waals surface area contributed by atoms with Crippen molar-refractivity contribution in [3.63, 3.8) is 0 Å². The Bertz CT molecular complexity index is 1380. The van der Waals surface area contributed by atoms with Gasteiger partial charge in [-0.1, -0.05) is 17.7 Å². The lowest BCUT2D eigenvalue weighted by molar-refractivity contribution is -0.612. The van der Waals surface area contributed by atoms with Crippen LogP contribution in [0.2, 0.25) is 5.02 Å². The molecule has 0 saturated carbocycles. The molecule has 0 bridgehead atoms.